The number of hydrogen-bond donors (Lipinski definition) is 1. The number of nitrogens with two attached hydrogens (primary N) is 1. The quantitative estimate of drug-likeness (QED) is 0.681. The number of aromatic nitrogens is 1. The first-order chi connectivity index (χ1) is 5.54. The summed E-state index contributed by atoms with van der Waals surface area (Å²) in [5.74, 6) is 0. The van der Waals surface area contributed by atoms with Crippen LogP contribution in [0.4, 0.5) is 5.69 Å². The van der Waals surface area contributed by atoms with Crippen molar-refractivity contribution >= 4 is 15.7 Å². The molecule has 0 radical (unpaired) electrons. The fourth-order valence-electron chi connectivity index (χ4n) is 0.634. The van der Waals surface area contributed by atoms with E-state index >= 15 is 0 Å². The van der Waals surface area contributed by atoms with E-state index in [4.69, 9.17) is 5.14 Å². The monoisotopic (exact) mass is 185 g/mol. The van der Waals surface area contributed by atoms with Gasteiger partial charge < -0.3 is 5.32 Å². The molecule has 5 nitrogen and oxygen atoms in total. The largest absolute Gasteiger partial charge is 0.489 e. The Balaban J connectivity index is 3.09. The lowest BCUT2D eigenvalue weighted by atomic mass is 10.4. The van der Waals surface area contributed by atoms with Crippen LogP contribution in [0, 0.1) is 7.05 Å². The molecule has 0 bridgehead atoms. The molecule has 0 aliphatic carbocycles. The Morgan fingerprint density at radius 3 is 2.50 bits per heavy atom. The van der Waals surface area contributed by atoms with Crippen LogP contribution in [0.1, 0.15) is 0 Å². The second kappa shape index (κ2) is 3.00. The first-order valence-corrected chi connectivity index (χ1v) is 4.54. The lowest BCUT2D eigenvalue weighted by Gasteiger charge is -2.04. The third-order valence-electron chi connectivity index (χ3n) is 1.19. The molecule has 1 aromatic heterocycles. The third kappa shape index (κ3) is 1.86. The van der Waals surface area contributed by atoms with Gasteiger partial charge in [-0.2, -0.15) is 0 Å². The van der Waals surface area contributed by atoms with Crippen LogP contribution in [-0.2, 0) is 10.0 Å². The van der Waals surface area contributed by atoms with Gasteiger partial charge in [0.25, 0.3) is 10.0 Å². The summed E-state index contributed by atoms with van der Waals surface area (Å²) < 4.78 is 21.4. The molecule has 0 atom stereocenters. The predicted molar refractivity (Wildman–Crippen MR) is 44.0 cm³/mol. The molecule has 0 aliphatic heterocycles. The van der Waals surface area contributed by atoms with Gasteiger partial charge in [-0.1, -0.05) is 11.8 Å². The van der Waals surface area contributed by atoms with Crippen LogP contribution in [0.2, 0.25) is 0 Å². The molecule has 0 fully saturated rings. The Morgan fingerprint density at radius 1 is 1.50 bits per heavy atom. The van der Waals surface area contributed by atoms with Gasteiger partial charge in [-0.05, 0) is 6.07 Å². The Hall–Kier alpha value is -1.27. The molecule has 0 aromatic carbocycles. The second-order valence-electron chi connectivity index (χ2n) is 2.06. The lowest BCUT2D eigenvalue weighted by Crippen LogP contribution is -2.13. The molecule has 6 heteroatoms. The molecule has 0 saturated heterocycles. The van der Waals surface area contributed by atoms with E-state index in [-0.39, 0.29) is 5.03 Å². The van der Waals surface area contributed by atoms with Gasteiger partial charge in [-0.15, -0.1) is 0 Å². The summed E-state index contributed by atoms with van der Waals surface area (Å²) >= 11 is 0. The zero-order valence-corrected chi connectivity index (χ0v) is 6.95. The van der Waals surface area contributed by atoms with E-state index in [0.717, 1.165) is 0 Å². The van der Waals surface area contributed by atoms with E-state index in [9.17, 15) is 8.42 Å². The molecule has 1 heterocycles. The first-order valence-electron chi connectivity index (χ1n) is 2.99. The fourth-order valence-corrected chi connectivity index (χ4v) is 1.09. The molecule has 1 rings (SSSR count). The van der Waals surface area contributed by atoms with Crippen LogP contribution in [0.5, 0.6) is 0 Å². The van der Waals surface area contributed by atoms with Crippen molar-refractivity contribution in [1.82, 2.24) is 4.98 Å². The van der Waals surface area contributed by atoms with Crippen LogP contribution in [0.25, 0.3) is 5.32 Å². The summed E-state index contributed by atoms with van der Waals surface area (Å²) in [6.45, 7) is 0. The number of sulfonamides is 1. The first kappa shape index (κ1) is 8.82. The zero-order valence-electron chi connectivity index (χ0n) is 6.14. The Kier molecular flexibility index (Phi) is 2.20. The average molecular weight is 185 g/mol. The highest BCUT2D eigenvalue weighted by Gasteiger charge is 2.06. The Bertz CT molecular complexity index is 357. The number of pyridine rings is 1. The highest BCUT2D eigenvalue weighted by atomic mass is 32.2. The van der Waals surface area contributed by atoms with Gasteiger partial charge in [0.15, 0.2) is 5.03 Å². The number of primary sulfonamides is 1. The van der Waals surface area contributed by atoms with Crippen LogP contribution in [0.3, 0.4) is 0 Å². The fraction of sp³-hybridized carbons (Fsp3) is 0. The molecule has 0 spiro atoms. The predicted octanol–water partition coefficient (Wildman–Crippen LogP) is 0.526. The highest BCUT2D eigenvalue weighted by molar-refractivity contribution is 7.89. The Morgan fingerprint density at radius 2 is 2.17 bits per heavy atom. The maximum atomic E-state index is 10.7. The summed E-state index contributed by atoms with van der Waals surface area (Å²) in [7, 11) is -0.449. The van der Waals surface area contributed by atoms with Crippen LogP contribution in [-0.4, -0.2) is 13.4 Å². The molecule has 0 saturated carbocycles. The molecule has 0 unspecified atom stereocenters. The van der Waals surface area contributed by atoms with Crippen molar-refractivity contribution in [2.45, 2.75) is 5.03 Å². The molecule has 0 aliphatic rings. The molecular weight excluding hydrogens is 178 g/mol. The molecule has 0 amide bonds. The molecule has 12 heavy (non-hydrogen) atoms. The molecule has 1 aromatic rings. The van der Waals surface area contributed by atoms with Crippen molar-refractivity contribution in [3.63, 3.8) is 0 Å². The topological polar surface area (TPSA) is 87.2 Å². The van der Waals surface area contributed by atoms with Gasteiger partial charge in [0, 0.05) is 13.2 Å². The SMILES string of the molecule is [CH2+][N-]c1ccc(S(N)(=O)=O)nc1. The van der Waals surface area contributed by atoms with E-state index in [1.165, 1.54) is 18.3 Å². The van der Waals surface area contributed by atoms with Gasteiger partial charge >= 0.3 is 0 Å². The van der Waals surface area contributed by atoms with Gasteiger partial charge in [0.2, 0.25) is 0 Å². The van der Waals surface area contributed by atoms with E-state index in [0.29, 0.717) is 5.69 Å². The summed E-state index contributed by atoms with van der Waals surface area (Å²) in [6.07, 6.45) is 1.28. The van der Waals surface area contributed by atoms with Crippen molar-refractivity contribution in [3.8, 4) is 0 Å². The zero-order chi connectivity index (χ0) is 9.19. The van der Waals surface area contributed by atoms with E-state index < -0.39 is 10.0 Å². The molecule has 64 valence electrons. The second-order valence-corrected chi connectivity index (χ2v) is 3.57. The maximum Gasteiger partial charge on any atom is 0.255 e. The highest BCUT2D eigenvalue weighted by Crippen LogP contribution is 2.15. The van der Waals surface area contributed by atoms with Gasteiger partial charge in [-0.3, -0.25) is 0 Å². The minimum atomic E-state index is -3.70. The van der Waals surface area contributed by atoms with Crippen LogP contribution >= 0.6 is 0 Å². The van der Waals surface area contributed by atoms with Gasteiger partial charge in [0.1, 0.15) is 0 Å². The van der Waals surface area contributed by atoms with Crippen molar-refractivity contribution in [2.24, 2.45) is 5.14 Å². The normalized spacial score (nSPS) is 11.1. The smallest absolute Gasteiger partial charge is 0.255 e. The summed E-state index contributed by atoms with van der Waals surface area (Å²) in [4.78, 5) is 3.57. The van der Waals surface area contributed by atoms with Crippen LogP contribution < -0.4 is 5.14 Å². The minimum absolute atomic E-state index is 0.171. The van der Waals surface area contributed by atoms with Crippen molar-refractivity contribution in [1.29, 1.82) is 0 Å². The molecule has 2 N–H and O–H groups in total. The number of nitrogens with zero attached hydrogens (tertiary/aromatic N) is 2. The molecular formula is C6H7N3O2S. The van der Waals surface area contributed by atoms with E-state index in [1.54, 1.807) is 0 Å². The van der Waals surface area contributed by atoms with Gasteiger partial charge in [-0.25, -0.2) is 18.5 Å². The number of hydrogen-bond acceptors (Lipinski definition) is 3. The van der Waals surface area contributed by atoms with Gasteiger partial charge in [0.05, 0.1) is 0 Å². The summed E-state index contributed by atoms with van der Waals surface area (Å²) in [5, 5.41) is 8.19. The lowest BCUT2D eigenvalue weighted by molar-refractivity contribution is 0.594. The summed E-state index contributed by atoms with van der Waals surface area (Å²) in [5.41, 5.74) is 0.502. The van der Waals surface area contributed by atoms with Crippen LogP contribution in [0.15, 0.2) is 23.4 Å². The maximum absolute atomic E-state index is 10.7. The van der Waals surface area contributed by atoms with E-state index in [1.807, 2.05) is 0 Å². The van der Waals surface area contributed by atoms with E-state index in [2.05, 4.69) is 17.3 Å². The average Bonchev–Trinajstić information content (AvgIpc) is 2.03. The minimum Gasteiger partial charge on any atom is -0.489 e. The summed E-state index contributed by atoms with van der Waals surface area (Å²) in [6, 6.07) is 2.75. The standard InChI is InChI=1S/C6H7N3O2S/c1-8-5-2-3-6(9-4-5)12(7,10)11/h2-4H,1H2,(H2,7,10,11). The Labute approximate surface area is 70.7 Å². The van der Waals surface area contributed by atoms with Crippen molar-refractivity contribution in [3.05, 3.63) is 30.7 Å². The van der Waals surface area contributed by atoms with Crippen molar-refractivity contribution in [2.75, 3.05) is 0 Å². The van der Waals surface area contributed by atoms with Crippen molar-refractivity contribution < 1.29 is 8.42 Å². The third-order valence-corrected chi connectivity index (χ3v) is 2.02. The number of rotatable bonds is 2.